The molecule has 94 valence electrons. The molecule has 17 heavy (non-hydrogen) atoms. The van der Waals surface area contributed by atoms with Crippen molar-refractivity contribution in [2.24, 2.45) is 0 Å². The van der Waals surface area contributed by atoms with Crippen molar-refractivity contribution < 1.29 is 4.74 Å². The quantitative estimate of drug-likeness (QED) is 0.888. The van der Waals surface area contributed by atoms with Crippen LogP contribution in [0.3, 0.4) is 0 Å². The molecule has 2 nitrogen and oxygen atoms in total. The standard InChI is InChI=1S/C14H20ClNO/c1-17-14-8-3-2-7-13(14)16-10-11-5-4-6-12(15)9-11/h4-6,9,13-14,16H,2-3,7-8,10H2,1H3. The van der Waals surface area contributed by atoms with Crippen molar-refractivity contribution in [2.75, 3.05) is 7.11 Å². The number of ether oxygens (including phenoxy) is 1. The van der Waals surface area contributed by atoms with Crippen molar-refractivity contribution in [1.29, 1.82) is 0 Å². The molecule has 1 aromatic rings. The van der Waals surface area contributed by atoms with Gasteiger partial charge in [-0.3, -0.25) is 0 Å². The second-order valence-corrected chi connectivity index (χ2v) is 5.11. The third kappa shape index (κ3) is 3.70. The fourth-order valence-corrected chi connectivity index (χ4v) is 2.72. The first-order valence-corrected chi connectivity index (χ1v) is 6.68. The largest absolute Gasteiger partial charge is 0.380 e. The molecule has 0 radical (unpaired) electrons. The van der Waals surface area contributed by atoms with Crippen LogP contribution in [0.2, 0.25) is 5.02 Å². The van der Waals surface area contributed by atoms with Gasteiger partial charge in [0.25, 0.3) is 0 Å². The van der Waals surface area contributed by atoms with Crippen molar-refractivity contribution >= 4 is 11.6 Å². The molecule has 1 aromatic carbocycles. The van der Waals surface area contributed by atoms with Gasteiger partial charge >= 0.3 is 0 Å². The topological polar surface area (TPSA) is 21.3 Å². The van der Waals surface area contributed by atoms with Crippen LogP contribution < -0.4 is 5.32 Å². The van der Waals surface area contributed by atoms with E-state index in [-0.39, 0.29) is 0 Å². The van der Waals surface area contributed by atoms with Gasteiger partial charge in [0.15, 0.2) is 0 Å². The minimum absolute atomic E-state index is 0.364. The van der Waals surface area contributed by atoms with E-state index < -0.39 is 0 Å². The van der Waals surface area contributed by atoms with Gasteiger partial charge in [-0.1, -0.05) is 36.6 Å². The molecule has 0 saturated heterocycles. The van der Waals surface area contributed by atoms with Crippen LogP contribution in [0.4, 0.5) is 0 Å². The number of nitrogens with one attached hydrogen (secondary N) is 1. The molecule has 2 unspecified atom stereocenters. The molecule has 0 aliphatic heterocycles. The number of methoxy groups -OCH3 is 1. The number of rotatable bonds is 4. The number of hydrogen-bond acceptors (Lipinski definition) is 2. The first-order valence-electron chi connectivity index (χ1n) is 6.30. The summed E-state index contributed by atoms with van der Waals surface area (Å²) in [7, 11) is 1.81. The van der Waals surface area contributed by atoms with Crippen molar-refractivity contribution in [1.82, 2.24) is 5.32 Å². The summed E-state index contributed by atoms with van der Waals surface area (Å²) in [5.41, 5.74) is 1.23. The zero-order chi connectivity index (χ0) is 12.1. The molecule has 1 saturated carbocycles. The maximum Gasteiger partial charge on any atom is 0.0724 e. The zero-order valence-corrected chi connectivity index (χ0v) is 11.0. The predicted octanol–water partition coefficient (Wildman–Crippen LogP) is 3.39. The van der Waals surface area contributed by atoms with E-state index in [0.29, 0.717) is 12.1 Å². The molecule has 0 heterocycles. The maximum atomic E-state index is 5.97. The van der Waals surface area contributed by atoms with Crippen LogP contribution in [-0.2, 0) is 11.3 Å². The van der Waals surface area contributed by atoms with Gasteiger partial charge in [-0.25, -0.2) is 0 Å². The molecule has 0 bridgehead atoms. The molecule has 2 rings (SSSR count). The van der Waals surface area contributed by atoms with Crippen LogP contribution in [0.1, 0.15) is 31.2 Å². The van der Waals surface area contributed by atoms with Crippen LogP contribution in [0.25, 0.3) is 0 Å². The summed E-state index contributed by atoms with van der Waals surface area (Å²) >= 11 is 5.97. The Kier molecular flexibility index (Phi) is 4.84. The average molecular weight is 254 g/mol. The fraction of sp³-hybridized carbons (Fsp3) is 0.571. The van der Waals surface area contributed by atoms with Crippen LogP contribution >= 0.6 is 11.6 Å². The molecule has 1 aliphatic rings. The van der Waals surface area contributed by atoms with E-state index in [1.54, 1.807) is 0 Å². The van der Waals surface area contributed by atoms with Gasteiger partial charge in [-0.15, -0.1) is 0 Å². The van der Waals surface area contributed by atoms with E-state index in [1.807, 2.05) is 25.3 Å². The highest BCUT2D eigenvalue weighted by Crippen LogP contribution is 2.21. The predicted molar refractivity (Wildman–Crippen MR) is 71.3 cm³/mol. The van der Waals surface area contributed by atoms with Gasteiger partial charge in [-0.2, -0.15) is 0 Å². The monoisotopic (exact) mass is 253 g/mol. The highest BCUT2D eigenvalue weighted by molar-refractivity contribution is 6.30. The summed E-state index contributed by atoms with van der Waals surface area (Å²) in [4.78, 5) is 0. The summed E-state index contributed by atoms with van der Waals surface area (Å²) in [6.45, 7) is 0.866. The molecule has 0 spiro atoms. The first kappa shape index (κ1) is 12.9. The Labute approximate surface area is 108 Å². The molecule has 1 N–H and O–H groups in total. The molecule has 2 atom stereocenters. The molecular formula is C14H20ClNO. The lowest BCUT2D eigenvalue weighted by molar-refractivity contribution is 0.0413. The molecule has 0 aromatic heterocycles. The van der Waals surface area contributed by atoms with E-state index in [9.17, 15) is 0 Å². The van der Waals surface area contributed by atoms with Gasteiger partial charge in [0.2, 0.25) is 0 Å². The number of benzene rings is 1. The number of hydrogen-bond donors (Lipinski definition) is 1. The van der Waals surface area contributed by atoms with Crippen molar-refractivity contribution in [3.63, 3.8) is 0 Å². The van der Waals surface area contributed by atoms with E-state index in [0.717, 1.165) is 11.6 Å². The lowest BCUT2D eigenvalue weighted by Crippen LogP contribution is -2.42. The summed E-state index contributed by atoms with van der Waals surface area (Å²) in [6.07, 6.45) is 5.33. The Bertz CT molecular complexity index is 356. The second kappa shape index (κ2) is 6.39. The maximum absolute atomic E-state index is 5.97. The van der Waals surface area contributed by atoms with Gasteiger partial charge in [0, 0.05) is 24.7 Å². The minimum Gasteiger partial charge on any atom is -0.380 e. The van der Waals surface area contributed by atoms with E-state index in [1.165, 1.54) is 31.2 Å². The van der Waals surface area contributed by atoms with Crippen LogP contribution in [0, 0.1) is 0 Å². The SMILES string of the molecule is COC1CCCCC1NCc1cccc(Cl)c1. The minimum atomic E-state index is 0.364. The fourth-order valence-electron chi connectivity index (χ4n) is 2.51. The third-order valence-corrected chi connectivity index (χ3v) is 3.70. The van der Waals surface area contributed by atoms with Gasteiger partial charge in [-0.05, 0) is 30.5 Å². The second-order valence-electron chi connectivity index (χ2n) is 4.68. The molecule has 1 aliphatic carbocycles. The summed E-state index contributed by atoms with van der Waals surface area (Å²) in [5.74, 6) is 0. The van der Waals surface area contributed by atoms with Crippen LogP contribution in [-0.4, -0.2) is 19.3 Å². The van der Waals surface area contributed by atoms with E-state index >= 15 is 0 Å². The highest BCUT2D eigenvalue weighted by atomic mass is 35.5. The van der Waals surface area contributed by atoms with Crippen molar-refractivity contribution in [3.05, 3.63) is 34.9 Å². The normalized spacial score (nSPS) is 24.8. The molecule has 3 heteroatoms. The van der Waals surface area contributed by atoms with Crippen molar-refractivity contribution in [3.8, 4) is 0 Å². The Balaban J connectivity index is 1.88. The zero-order valence-electron chi connectivity index (χ0n) is 10.3. The van der Waals surface area contributed by atoms with Crippen LogP contribution in [0.5, 0.6) is 0 Å². The van der Waals surface area contributed by atoms with Gasteiger partial charge < -0.3 is 10.1 Å². The van der Waals surface area contributed by atoms with E-state index in [4.69, 9.17) is 16.3 Å². The van der Waals surface area contributed by atoms with E-state index in [2.05, 4.69) is 11.4 Å². The molecule has 1 fully saturated rings. The Hall–Kier alpha value is -0.570. The lowest BCUT2D eigenvalue weighted by Gasteiger charge is -2.31. The highest BCUT2D eigenvalue weighted by Gasteiger charge is 2.23. The van der Waals surface area contributed by atoms with Gasteiger partial charge in [0.05, 0.1) is 6.10 Å². The Morgan fingerprint density at radius 3 is 2.94 bits per heavy atom. The van der Waals surface area contributed by atoms with Crippen LogP contribution in [0.15, 0.2) is 24.3 Å². The third-order valence-electron chi connectivity index (χ3n) is 3.46. The Morgan fingerprint density at radius 2 is 2.18 bits per heavy atom. The smallest absolute Gasteiger partial charge is 0.0724 e. The van der Waals surface area contributed by atoms with Gasteiger partial charge in [0.1, 0.15) is 0 Å². The molecule has 0 amide bonds. The molecular weight excluding hydrogens is 234 g/mol. The number of halogens is 1. The first-order chi connectivity index (χ1) is 8.29. The summed E-state index contributed by atoms with van der Waals surface area (Å²) in [5, 5.41) is 4.38. The summed E-state index contributed by atoms with van der Waals surface area (Å²) < 4.78 is 5.53. The average Bonchev–Trinajstić information content (AvgIpc) is 2.37. The van der Waals surface area contributed by atoms with Crippen molar-refractivity contribution in [2.45, 2.75) is 44.4 Å². The Morgan fingerprint density at radius 1 is 1.35 bits per heavy atom. The lowest BCUT2D eigenvalue weighted by atomic mass is 9.92. The summed E-state index contributed by atoms with van der Waals surface area (Å²) in [6, 6.07) is 8.49.